The van der Waals surface area contributed by atoms with Crippen LogP contribution in [0.2, 0.25) is 0 Å². The average molecular weight is 395 g/mol. The number of rotatable bonds is 6. The molecule has 0 unspecified atom stereocenters. The fourth-order valence-electron chi connectivity index (χ4n) is 8.21. The van der Waals surface area contributed by atoms with E-state index in [4.69, 9.17) is 10.6 Å². The predicted octanol–water partition coefficient (Wildman–Crippen LogP) is 2.99. The first kappa shape index (κ1) is 21.0. The Hall–Kier alpha value is -0.200. The van der Waals surface area contributed by atoms with Crippen LogP contribution in [0, 0.1) is 34.5 Å². The third kappa shape index (κ3) is 3.17. The van der Waals surface area contributed by atoms with E-state index in [0.717, 1.165) is 57.9 Å². The summed E-state index contributed by atoms with van der Waals surface area (Å²) in [7, 11) is 0. The van der Waals surface area contributed by atoms with Crippen LogP contribution in [-0.2, 0) is 4.84 Å². The summed E-state index contributed by atoms with van der Waals surface area (Å²) < 4.78 is 0. The van der Waals surface area contributed by atoms with Gasteiger partial charge in [0, 0.05) is 13.1 Å². The Morgan fingerprint density at radius 1 is 1.04 bits per heavy atom. The van der Waals surface area contributed by atoms with Gasteiger partial charge in [-0.15, -0.1) is 0 Å². The van der Waals surface area contributed by atoms with Gasteiger partial charge in [0.25, 0.3) is 0 Å². The molecular formula is C23H42N2O3. The van der Waals surface area contributed by atoms with Crippen molar-refractivity contribution in [1.29, 1.82) is 0 Å². The molecule has 0 aromatic rings. The second-order valence-corrected chi connectivity index (χ2v) is 10.9. The SMILES string of the molecule is C[C@]12CC[C@H](O)C[C@H]1CC[C@@H]1[C@@H]2CC[C@]2(C)[C@@H](CCNOCCN)CC[C@]12O. The lowest BCUT2D eigenvalue weighted by Crippen LogP contribution is -2.62. The van der Waals surface area contributed by atoms with Gasteiger partial charge in [-0.25, -0.2) is 5.48 Å². The van der Waals surface area contributed by atoms with Crippen molar-refractivity contribution in [3.8, 4) is 0 Å². The van der Waals surface area contributed by atoms with Gasteiger partial charge in [0.1, 0.15) is 0 Å². The van der Waals surface area contributed by atoms with Gasteiger partial charge in [-0.1, -0.05) is 13.8 Å². The maximum Gasteiger partial charge on any atom is 0.0804 e. The molecule has 4 fully saturated rings. The molecule has 4 rings (SSSR count). The minimum Gasteiger partial charge on any atom is -0.393 e. The smallest absolute Gasteiger partial charge is 0.0804 e. The predicted molar refractivity (Wildman–Crippen MR) is 110 cm³/mol. The number of hydrogen-bond donors (Lipinski definition) is 4. The second kappa shape index (κ2) is 7.81. The van der Waals surface area contributed by atoms with Crippen LogP contribution in [-0.4, -0.2) is 41.6 Å². The highest BCUT2D eigenvalue weighted by Gasteiger charge is 2.66. The summed E-state index contributed by atoms with van der Waals surface area (Å²) in [6.45, 7) is 6.78. The molecular weight excluding hydrogens is 352 g/mol. The van der Waals surface area contributed by atoms with Crippen LogP contribution in [0.15, 0.2) is 0 Å². The van der Waals surface area contributed by atoms with E-state index >= 15 is 0 Å². The van der Waals surface area contributed by atoms with Crippen LogP contribution in [0.1, 0.15) is 78.1 Å². The molecule has 8 atom stereocenters. The lowest BCUT2D eigenvalue weighted by molar-refractivity contribution is -0.210. The highest BCUT2D eigenvalue weighted by molar-refractivity contribution is 5.16. The molecule has 0 aromatic carbocycles. The van der Waals surface area contributed by atoms with Crippen molar-refractivity contribution in [1.82, 2.24) is 5.48 Å². The van der Waals surface area contributed by atoms with Crippen LogP contribution < -0.4 is 11.2 Å². The topological polar surface area (TPSA) is 87.7 Å². The highest BCUT2D eigenvalue weighted by Crippen LogP contribution is 2.69. The number of aliphatic hydroxyl groups excluding tert-OH is 1. The number of fused-ring (bicyclic) bond motifs is 5. The molecule has 0 aromatic heterocycles. The molecule has 0 spiro atoms. The Balaban J connectivity index is 1.47. The molecule has 5 N–H and O–H groups in total. The van der Waals surface area contributed by atoms with Crippen molar-refractivity contribution < 1.29 is 15.1 Å². The zero-order valence-electron chi connectivity index (χ0n) is 18.0. The van der Waals surface area contributed by atoms with Gasteiger partial charge in [0.2, 0.25) is 0 Å². The summed E-state index contributed by atoms with van der Waals surface area (Å²) in [5, 5.41) is 22.3. The van der Waals surface area contributed by atoms with Gasteiger partial charge in [0.05, 0.1) is 18.3 Å². The summed E-state index contributed by atoms with van der Waals surface area (Å²) >= 11 is 0. The Morgan fingerprint density at radius 3 is 2.64 bits per heavy atom. The van der Waals surface area contributed by atoms with Crippen molar-refractivity contribution in [2.75, 3.05) is 19.7 Å². The first-order valence-electron chi connectivity index (χ1n) is 11.8. The van der Waals surface area contributed by atoms with Crippen LogP contribution in [0.5, 0.6) is 0 Å². The average Bonchev–Trinajstić information content (AvgIpc) is 2.93. The van der Waals surface area contributed by atoms with Crippen LogP contribution in [0.4, 0.5) is 0 Å². The van der Waals surface area contributed by atoms with E-state index in [2.05, 4.69) is 19.3 Å². The molecule has 28 heavy (non-hydrogen) atoms. The molecule has 162 valence electrons. The lowest BCUT2D eigenvalue weighted by atomic mass is 9.43. The molecule has 5 nitrogen and oxygen atoms in total. The Morgan fingerprint density at radius 2 is 1.86 bits per heavy atom. The van der Waals surface area contributed by atoms with E-state index in [-0.39, 0.29) is 11.5 Å². The van der Waals surface area contributed by atoms with E-state index in [1.807, 2.05) is 0 Å². The van der Waals surface area contributed by atoms with Gasteiger partial charge in [0.15, 0.2) is 0 Å². The van der Waals surface area contributed by atoms with E-state index in [9.17, 15) is 10.2 Å². The first-order chi connectivity index (χ1) is 13.3. The standard InChI is InChI=1S/C23H42N2O3/c1-21-9-6-18(26)15-17(21)3-4-20-19(21)7-10-22(2)16(5-11-23(20,22)27)8-13-25-28-14-12-24/h16-20,25-27H,3-15,24H2,1-2H3/t16-,17-,18+,19+,20-,21+,22-,23+/m1/s1. The largest absolute Gasteiger partial charge is 0.393 e. The number of nitrogens with two attached hydrogens (primary N) is 1. The van der Waals surface area contributed by atoms with E-state index in [1.54, 1.807) is 0 Å². The first-order valence-corrected chi connectivity index (χ1v) is 11.8. The van der Waals surface area contributed by atoms with Crippen LogP contribution in [0.25, 0.3) is 0 Å². The molecule has 0 bridgehead atoms. The number of aliphatic hydroxyl groups is 2. The third-order valence-corrected chi connectivity index (χ3v) is 9.93. The Kier molecular flexibility index (Phi) is 5.87. The molecule has 0 amide bonds. The number of hydrogen-bond acceptors (Lipinski definition) is 5. The van der Waals surface area contributed by atoms with Gasteiger partial charge < -0.3 is 20.8 Å². The fraction of sp³-hybridized carbons (Fsp3) is 1.00. The molecule has 4 aliphatic carbocycles. The summed E-state index contributed by atoms with van der Waals surface area (Å²) in [6.07, 6.45) is 10.8. The monoisotopic (exact) mass is 394 g/mol. The van der Waals surface area contributed by atoms with Crippen molar-refractivity contribution in [2.24, 2.45) is 40.2 Å². The zero-order chi connectivity index (χ0) is 20.0. The normalized spacial score (nSPS) is 50.7. The van der Waals surface area contributed by atoms with Crippen molar-refractivity contribution in [2.45, 2.75) is 89.8 Å². The number of nitrogens with one attached hydrogen (secondary N) is 1. The van der Waals surface area contributed by atoms with Gasteiger partial charge >= 0.3 is 0 Å². The van der Waals surface area contributed by atoms with Gasteiger partial charge in [-0.2, -0.15) is 0 Å². The summed E-state index contributed by atoms with van der Waals surface area (Å²) in [5.41, 5.74) is 8.36. The van der Waals surface area contributed by atoms with Gasteiger partial charge in [-0.3, -0.25) is 0 Å². The molecule has 0 aliphatic heterocycles. The summed E-state index contributed by atoms with van der Waals surface area (Å²) in [4.78, 5) is 5.35. The maximum atomic E-state index is 12.1. The third-order valence-electron chi connectivity index (χ3n) is 9.93. The maximum absolute atomic E-state index is 12.1. The van der Waals surface area contributed by atoms with Crippen molar-refractivity contribution in [3.63, 3.8) is 0 Å². The second-order valence-electron chi connectivity index (χ2n) is 10.9. The zero-order valence-corrected chi connectivity index (χ0v) is 18.0. The molecule has 0 saturated heterocycles. The van der Waals surface area contributed by atoms with Gasteiger partial charge in [-0.05, 0) is 98.7 Å². The Bertz CT molecular complexity index is 560. The van der Waals surface area contributed by atoms with Crippen molar-refractivity contribution in [3.05, 3.63) is 0 Å². The highest BCUT2D eigenvalue weighted by atomic mass is 16.6. The lowest BCUT2D eigenvalue weighted by Gasteiger charge is -2.63. The Labute approximate surface area is 170 Å². The van der Waals surface area contributed by atoms with Crippen LogP contribution in [0.3, 0.4) is 0 Å². The molecule has 5 heteroatoms. The van der Waals surface area contributed by atoms with Crippen LogP contribution >= 0.6 is 0 Å². The van der Waals surface area contributed by atoms with E-state index < -0.39 is 5.60 Å². The van der Waals surface area contributed by atoms with Crippen molar-refractivity contribution >= 4 is 0 Å². The van der Waals surface area contributed by atoms with E-state index in [0.29, 0.717) is 42.2 Å². The quantitative estimate of drug-likeness (QED) is 0.411. The summed E-state index contributed by atoms with van der Waals surface area (Å²) in [5.74, 6) is 2.27. The molecule has 0 radical (unpaired) electrons. The van der Waals surface area contributed by atoms with E-state index in [1.165, 1.54) is 12.8 Å². The number of hydroxylamine groups is 1. The fourth-order valence-corrected chi connectivity index (χ4v) is 8.21. The minimum atomic E-state index is -0.511. The molecule has 4 saturated carbocycles. The minimum absolute atomic E-state index is 0.0289. The summed E-state index contributed by atoms with van der Waals surface area (Å²) in [6, 6.07) is 0. The molecule has 4 aliphatic rings. The molecule has 0 heterocycles.